The Morgan fingerprint density at radius 3 is 2.12 bits per heavy atom. The van der Waals surface area contributed by atoms with Crippen molar-refractivity contribution in [3.63, 3.8) is 0 Å². The highest BCUT2D eigenvalue weighted by atomic mass is 32.2. The maximum absolute atomic E-state index is 12.3. The van der Waals surface area contributed by atoms with Crippen molar-refractivity contribution in [1.29, 1.82) is 0 Å². The first-order valence-corrected chi connectivity index (χ1v) is 10.4. The fraction of sp³-hybridized carbons (Fsp3) is 0.611. The molecule has 0 fully saturated rings. The van der Waals surface area contributed by atoms with Crippen LogP contribution in [0, 0.1) is 5.92 Å². The minimum Gasteiger partial charge on any atom is -0.326 e. The van der Waals surface area contributed by atoms with Crippen LogP contribution in [0.1, 0.15) is 45.2 Å². The molecule has 136 valence electrons. The average molecular weight is 355 g/mol. The first kappa shape index (κ1) is 20.6. The van der Waals surface area contributed by atoms with E-state index >= 15 is 0 Å². The topological polar surface area (TPSA) is 66.5 Å². The lowest BCUT2D eigenvalue weighted by atomic mass is 10.0. The number of rotatable bonds is 9. The largest absolute Gasteiger partial charge is 0.326 e. The molecule has 0 saturated heterocycles. The zero-order valence-corrected chi connectivity index (χ0v) is 16.2. The first-order chi connectivity index (χ1) is 11.2. The van der Waals surface area contributed by atoms with Gasteiger partial charge < -0.3 is 5.32 Å². The van der Waals surface area contributed by atoms with Crippen molar-refractivity contribution in [3.05, 3.63) is 29.3 Å². The molecule has 0 unspecified atom stereocenters. The van der Waals surface area contributed by atoms with E-state index in [1.54, 1.807) is 0 Å². The van der Waals surface area contributed by atoms with E-state index in [9.17, 15) is 13.2 Å². The summed E-state index contributed by atoms with van der Waals surface area (Å²) in [6.45, 7) is 8.67. The number of para-hydroxylation sites is 1. The predicted molar refractivity (Wildman–Crippen MR) is 99.7 cm³/mol. The Morgan fingerprint density at radius 1 is 1.17 bits per heavy atom. The lowest BCUT2D eigenvalue weighted by molar-refractivity contribution is -0.116. The molecule has 1 amide bonds. The number of carbonyl (C=O) groups excluding carboxylic acids is 1. The fourth-order valence-electron chi connectivity index (χ4n) is 2.63. The summed E-state index contributed by atoms with van der Waals surface area (Å²) >= 11 is 0. The van der Waals surface area contributed by atoms with Crippen molar-refractivity contribution in [2.45, 2.75) is 47.0 Å². The summed E-state index contributed by atoms with van der Waals surface area (Å²) in [6, 6.07) is 6.02. The number of aryl methyl sites for hydroxylation is 2. The molecule has 0 atom stereocenters. The van der Waals surface area contributed by atoms with Gasteiger partial charge >= 0.3 is 0 Å². The van der Waals surface area contributed by atoms with Crippen molar-refractivity contribution in [1.82, 2.24) is 4.31 Å². The van der Waals surface area contributed by atoms with Gasteiger partial charge in [-0.05, 0) is 29.9 Å². The third kappa shape index (κ3) is 6.24. The van der Waals surface area contributed by atoms with Crippen molar-refractivity contribution in [2.75, 3.05) is 24.7 Å². The fourth-order valence-corrected chi connectivity index (χ4v) is 3.62. The van der Waals surface area contributed by atoms with Gasteiger partial charge in [0.15, 0.2) is 0 Å². The molecular formula is C18H30N2O3S. The van der Waals surface area contributed by atoms with Gasteiger partial charge in [0.2, 0.25) is 15.9 Å². The number of carbonyl (C=O) groups is 1. The Bertz CT molecular complexity index is 632. The van der Waals surface area contributed by atoms with Crippen molar-refractivity contribution in [3.8, 4) is 0 Å². The van der Waals surface area contributed by atoms with Crippen LogP contribution in [0.4, 0.5) is 5.69 Å². The molecule has 0 aliphatic heterocycles. The van der Waals surface area contributed by atoms with E-state index in [0.29, 0.717) is 6.54 Å². The summed E-state index contributed by atoms with van der Waals surface area (Å²) in [5, 5.41) is 2.98. The molecule has 24 heavy (non-hydrogen) atoms. The third-order valence-corrected chi connectivity index (χ3v) is 5.16. The van der Waals surface area contributed by atoms with E-state index < -0.39 is 10.0 Å². The van der Waals surface area contributed by atoms with Gasteiger partial charge in [0, 0.05) is 25.2 Å². The number of nitrogens with one attached hydrogen (secondary N) is 1. The molecule has 1 rings (SSSR count). The van der Waals surface area contributed by atoms with Crippen LogP contribution >= 0.6 is 0 Å². The van der Waals surface area contributed by atoms with Crippen LogP contribution in [-0.2, 0) is 27.7 Å². The Hall–Kier alpha value is -1.40. The molecule has 0 aromatic heterocycles. The Kier molecular flexibility index (Phi) is 7.90. The third-order valence-electron chi connectivity index (χ3n) is 3.89. The SMILES string of the molecule is CCc1cccc(CC)c1NC(=O)CCN(CC(C)C)S(C)(=O)=O. The van der Waals surface area contributed by atoms with E-state index in [2.05, 4.69) is 19.2 Å². The molecule has 1 aromatic carbocycles. The Labute approximate surface area is 146 Å². The molecule has 0 aliphatic carbocycles. The van der Waals surface area contributed by atoms with Gasteiger partial charge in [-0.15, -0.1) is 0 Å². The highest BCUT2D eigenvalue weighted by Gasteiger charge is 2.19. The van der Waals surface area contributed by atoms with Crippen molar-refractivity contribution < 1.29 is 13.2 Å². The van der Waals surface area contributed by atoms with E-state index in [1.165, 1.54) is 10.6 Å². The summed E-state index contributed by atoms with van der Waals surface area (Å²) in [4.78, 5) is 12.3. The van der Waals surface area contributed by atoms with Gasteiger partial charge in [0.25, 0.3) is 0 Å². The highest BCUT2D eigenvalue weighted by Crippen LogP contribution is 2.22. The van der Waals surface area contributed by atoms with E-state index in [0.717, 1.165) is 29.7 Å². The van der Waals surface area contributed by atoms with Crippen LogP contribution in [-0.4, -0.2) is 38.0 Å². The summed E-state index contributed by atoms with van der Waals surface area (Å²) in [7, 11) is -3.30. The van der Waals surface area contributed by atoms with Gasteiger partial charge in [-0.1, -0.05) is 45.9 Å². The zero-order chi connectivity index (χ0) is 18.3. The van der Waals surface area contributed by atoms with E-state index in [1.807, 2.05) is 32.0 Å². The quantitative estimate of drug-likeness (QED) is 0.741. The molecule has 5 nitrogen and oxygen atoms in total. The highest BCUT2D eigenvalue weighted by molar-refractivity contribution is 7.88. The number of anilines is 1. The van der Waals surface area contributed by atoms with Gasteiger partial charge in [-0.3, -0.25) is 4.79 Å². The number of hydrogen-bond donors (Lipinski definition) is 1. The predicted octanol–water partition coefficient (Wildman–Crippen LogP) is 3.06. The van der Waals surface area contributed by atoms with Crippen LogP contribution in [0.2, 0.25) is 0 Å². The second-order valence-electron chi connectivity index (χ2n) is 6.47. The van der Waals surface area contributed by atoms with Crippen LogP contribution in [0.15, 0.2) is 18.2 Å². The second kappa shape index (κ2) is 9.18. The van der Waals surface area contributed by atoms with Crippen LogP contribution in [0.3, 0.4) is 0 Å². The second-order valence-corrected chi connectivity index (χ2v) is 8.45. The van der Waals surface area contributed by atoms with Crippen LogP contribution in [0.25, 0.3) is 0 Å². The maximum atomic E-state index is 12.3. The van der Waals surface area contributed by atoms with Gasteiger partial charge in [-0.2, -0.15) is 0 Å². The lowest BCUT2D eigenvalue weighted by Gasteiger charge is -2.22. The van der Waals surface area contributed by atoms with Crippen LogP contribution in [0.5, 0.6) is 0 Å². The molecule has 0 aliphatic rings. The molecule has 0 bridgehead atoms. The smallest absolute Gasteiger partial charge is 0.225 e. The summed E-state index contributed by atoms with van der Waals surface area (Å²) in [5.41, 5.74) is 3.08. The molecule has 1 aromatic rings. The normalized spacial score (nSPS) is 12.0. The van der Waals surface area contributed by atoms with E-state index in [-0.39, 0.29) is 24.8 Å². The number of nitrogens with zero attached hydrogens (tertiary/aromatic N) is 1. The molecule has 0 heterocycles. The number of sulfonamides is 1. The monoisotopic (exact) mass is 354 g/mol. The number of hydrogen-bond acceptors (Lipinski definition) is 3. The average Bonchev–Trinajstić information content (AvgIpc) is 2.50. The molecule has 0 radical (unpaired) electrons. The summed E-state index contributed by atoms with van der Waals surface area (Å²) in [6.07, 6.45) is 3.02. The molecule has 0 saturated carbocycles. The first-order valence-electron chi connectivity index (χ1n) is 8.54. The van der Waals surface area contributed by atoms with Crippen molar-refractivity contribution >= 4 is 21.6 Å². The Balaban J connectivity index is 2.79. The molecule has 0 spiro atoms. The van der Waals surface area contributed by atoms with Gasteiger partial charge in [-0.25, -0.2) is 12.7 Å². The standard InChI is InChI=1S/C18H30N2O3S/c1-6-15-9-8-10-16(7-2)18(15)19-17(21)11-12-20(13-14(3)4)24(5,22)23/h8-10,14H,6-7,11-13H2,1-5H3,(H,19,21). The van der Waals surface area contributed by atoms with Crippen molar-refractivity contribution in [2.24, 2.45) is 5.92 Å². The minimum atomic E-state index is -3.30. The summed E-state index contributed by atoms with van der Waals surface area (Å²) in [5.74, 6) is 0.0679. The number of benzene rings is 1. The van der Waals surface area contributed by atoms with Gasteiger partial charge in [0.05, 0.1) is 6.26 Å². The lowest BCUT2D eigenvalue weighted by Crippen LogP contribution is -2.35. The molecule has 6 heteroatoms. The Morgan fingerprint density at radius 2 is 1.71 bits per heavy atom. The maximum Gasteiger partial charge on any atom is 0.225 e. The summed E-state index contributed by atoms with van der Waals surface area (Å²) < 4.78 is 25.0. The van der Waals surface area contributed by atoms with E-state index in [4.69, 9.17) is 0 Å². The minimum absolute atomic E-state index is 0.150. The van der Waals surface area contributed by atoms with Gasteiger partial charge in [0.1, 0.15) is 0 Å². The zero-order valence-electron chi connectivity index (χ0n) is 15.4. The molecular weight excluding hydrogens is 324 g/mol. The number of amides is 1. The van der Waals surface area contributed by atoms with Crippen LogP contribution < -0.4 is 5.32 Å². The molecule has 1 N–H and O–H groups in total.